The standard InChI is InChI=1S/C23H27N5S/c1-17-9-4-5-11-19(17)27-14-8-12-20(27)22-21(18-10-6-7-13-24-18)25-23(29)28(22)16-15-26(2)3/h4-14,21-22H,15-16H2,1-3H3,(H,25,29)/t21-,22+/m1/s1. The van der Waals surface area contributed by atoms with Crippen molar-refractivity contribution in [1.29, 1.82) is 0 Å². The van der Waals surface area contributed by atoms with E-state index >= 15 is 0 Å². The van der Waals surface area contributed by atoms with E-state index in [4.69, 9.17) is 12.2 Å². The number of hydrogen-bond donors (Lipinski definition) is 1. The van der Waals surface area contributed by atoms with Gasteiger partial charge in [-0.2, -0.15) is 0 Å². The molecular weight excluding hydrogens is 378 g/mol. The molecule has 0 radical (unpaired) electrons. The molecule has 3 heterocycles. The number of aryl methyl sites for hydroxylation is 1. The molecule has 6 heteroatoms. The van der Waals surface area contributed by atoms with Crippen LogP contribution in [0.5, 0.6) is 0 Å². The van der Waals surface area contributed by atoms with Crippen LogP contribution in [-0.4, -0.2) is 51.6 Å². The molecule has 0 amide bonds. The molecule has 4 rings (SSSR count). The summed E-state index contributed by atoms with van der Waals surface area (Å²) in [6, 6.07) is 18.9. The van der Waals surface area contributed by atoms with Gasteiger partial charge >= 0.3 is 0 Å². The number of nitrogens with zero attached hydrogens (tertiary/aromatic N) is 4. The van der Waals surface area contributed by atoms with E-state index in [1.807, 2.05) is 18.3 Å². The van der Waals surface area contributed by atoms with E-state index < -0.39 is 0 Å². The average Bonchev–Trinajstić information content (AvgIpc) is 3.31. The van der Waals surface area contributed by atoms with Crippen LogP contribution in [0.15, 0.2) is 67.0 Å². The zero-order valence-electron chi connectivity index (χ0n) is 17.1. The van der Waals surface area contributed by atoms with Crippen LogP contribution in [0.4, 0.5) is 0 Å². The lowest BCUT2D eigenvalue weighted by atomic mass is 10.0. The second-order valence-corrected chi connectivity index (χ2v) is 8.10. The lowest BCUT2D eigenvalue weighted by Crippen LogP contribution is -2.36. The van der Waals surface area contributed by atoms with Gasteiger partial charge in [0.25, 0.3) is 0 Å². The maximum atomic E-state index is 5.77. The molecule has 1 N–H and O–H groups in total. The molecule has 150 valence electrons. The smallest absolute Gasteiger partial charge is 0.170 e. The van der Waals surface area contributed by atoms with E-state index in [0.717, 1.165) is 23.9 Å². The molecule has 1 fully saturated rings. The zero-order valence-corrected chi connectivity index (χ0v) is 17.9. The summed E-state index contributed by atoms with van der Waals surface area (Å²) in [4.78, 5) is 9.13. The lowest BCUT2D eigenvalue weighted by Gasteiger charge is -2.30. The fourth-order valence-corrected chi connectivity index (χ4v) is 4.30. The Morgan fingerprint density at radius 1 is 1.07 bits per heavy atom. The van der Waals surface area contributed by atoms with Gasteiger partial charge in [0.2, 0.25) is 0 Å². The van der Waals surface area contributed by atoms with Crippen molar-refractivity contribution in [3.63, 3.8) is 0 Å². The first-order chi connectivity index (χ1) is 14.1. The monoisotopic (exact) mass is 405 g/mol. The van der Waals surface area contributed by atoms with E-state index in [-0.39, 0.29) is 12.1 Å². The molecule has 2 aromatic heterocycles. The Labute approximate surface area is 178 Å². The van der Waals surface area contributed by atoms with Gasteiger partial charge in [-0.05, 0) is 69.1 Å². The van der Waals surface area contributed by atoms with E-state index in [9.17, 15) is 0 Å². The third-order valence-electron chi connectivity index (χ3n) is 5.44. The maximum absolute atomic E-state index is 5.77. The van der Waals surface area contributed by atoms with Crippen LogP contribution >= 0.6 is 12.2 Å². The Bertz CT molecular complexity index is 982. The number of hydrogen-bond acceptors (Lipinski definition) is 3. The summed E-state index contributed by atoms with van der Waals surface area (Å²) in [6.45, 7) is 3.93. The van der Waals surface area contributed by atoms with Gasteiger partial charge in [-0.15, -0.1) is 0 Å². The third-order valence-corrected chi connectivity index (χ3v) is 5.80. The Kier molecular flexibility index (Phi) is 5.65. The fourth-order valence-electron chi connectivity index (χ4n) is 3.96. The minimum Gasteiger partial charge on any atom is -0.352 e. The van der Waals surface area contributed by atoms with Gasteiger partial charge in [0.1, 0.15) is 0 Å². The predicted molar refractivity (Wildman–Crippen MR) is 121 cm³/mol. The van der Waals surface area contributed by atoms with E-state index in [1.54, 1.807) is 0 Å². The number of para-hydroxylation sites is 1. The van der Waals surface area contributed by atoms with Crippen LogP contribution < -0.4 is 5.32 Å². The summed E-state index contributed by atoms with van der Waals surface area (Å²) < 4.78 is 2.29. The molecule has 29 heavy (non-hydrogen) atoms. The van der Waals surface area contributed by atoms with Crippen molar-refractivity contribution in [2.45, 2.75) is 19.0 Å². The van der Waals surface area contributed by atoms with Gasteiger partial charge in [0.15, 0.2) is 5.11 Å². The zero-order chi connectivity index (χ0) is 20.4. The van der Waals surface area contributed by atoms with Crippen LogP contribution in [0.2, 0.25) is 0 Å². The van der Waals surface area contributed by atoms with Crippen LogP contribution in [0.1, 0.15) is 29.0 Å². The van der Waals surface area contributed by atoms with E-state index in [2.05, 4.69) is 94.3 Å². The highest BCUT2D eigenvalue weighted by atomic mass is 32.1. The first-order valence-electron chi connectivity index (χ1n) is 9.92. The molecule has 0 aliphatic carbocycles. The van der Waals surface area contributed by atoms with Crippen LogP contribution in [0, 0.1) is 6.92 Å². The molecule has 0 bridgehead atoms. The molecule has 0 unspecified atom stereocenters. The van der Waals surface area contributed by atoms with Crippen LogP contribution in [-0.2, 0) is 0 Å². The molecule has 0 spiro atoms. The maximum Gasteiger partial charge on any atom is 0.170 e. The van der Waals surface area contributed by atoms with Gasteiger partial charge in [-0.1, -0.05) is 24.3 Å². The first kappa shape index (κ1) is 19.6. The van der Waals surface area contributed by atoms with Crippen molar-refractivity contribution in [2.24, 2.45) is 0 Å². The summed E-state index contributed by atoms with van der Waals surface area (Å²) in [6.07, 6.45) is 3.98. The Hall–Kier alpha value is -2.70. The second-order valence-electron chi connectivity index (χ2n) is 7.71. The molecular formula is C23H27N5S. The van der Waals surface area contributed by atoms with Crippen molar-refractivity contribution >= 4 is 17.3 Å². The number of benzene rings is 1. The minimum atomic E-state index is 0.00327. The van der Waals surface area contributed by atoms with E-state index in [1.165, 1.54) is 16.9 Å². The Morgan fingerprint density at radius 3 is 2.59 bits per heavy atom. The van der Waals surface area contributed by atoms with Gasteiger partial charge in [-0.25, -0.2) is 0 Å². The highest BCUT2D eigenvalue weighted by Gasteiger charge is 2.41. The topological polar surface area (TPSA) is 36.3 Å². The van der Waals surface area contributed by atoms with Gasteiger partial charge < -0.3 is 19.7 Å². The fraction of sp³-hybridized carbons (Fsp3) is 0.304. The summed E-state index contributed by atoms with van der Waals surface area (Å²) in [5, 5.41) is 4.32. The van der Waals surface area contributed by atoms with Crippen molar-refractivity contribution in [2.75, 3.05) is 27.2 Å². The molecule has 1 saturated heterocycles. The van der Waals surface area contributed by atoms with Crippen LogP contribution in [0.3, 0.4) is 0 Å². The number of nitrogens with one attached hydrogen (secondary N) is 1. The normalized spacial score (nSPS) is 19.0. The minimum absolute atomic E-state index is 0.00327. The SMILES string of the molecule is Cc1ccccc1-n1cccc1[C@H]1[C@@H](c2ccccn2)NC(=S)N1CCN(C)C. The highest BCUT2D eigenvalue weighted by molar-refractivity contribution is 7.80. The van der Waals surface area contributed by atoms with Gasteiger partial charge in [-0.3, -0.25) is 4.98 Å². The third kappa shape index (κ3) is 3.91. The number of likely N-dealkylation sites (N-methyl/N-ethyl adjacent to an activating group) is 1. The molecule has 1 aromatic carbocycles. The van der Waals surface area contributed by atoms with E-state index in [0.29, 0.717) is 0 Å². The molecule has 2 atom stereocenters. The molecule has 5 nitrogen and oxygen atoms in total. The van der Waals surface area contributed by atoms with Gasteiger partial charge in [0, 0.05) is 36.9 Å². The van der Waals surface area contributed by atoms with Crippen molar-refractivity contribution in [3.05, 3.63) is 83.9 Å². The molecule has 3 aromatic rings. The number of pyridine rings is 1. The number of rotatable bonds is 6. The molecule has 1 aliphatic rings. The summed E-state index contributed by atoms with van der Waals surface area (Å²) >= 11 is 5.77. The average molecular weight is 406 g/mol. The number of thiocarbonyl (C=S) groups is 1. The summed E-state index contributed by atoms with van der Waals surface area (Å²) in [5.74, 6) is 0. The van der Waals surface area contributed by atoms with Gasteiger partial charge in [0.05, 0.1) is 17.8 Å². The largest absolute Gasteiger partial charge is 0.352 e. The second kappa shape index (κ2) is 8.35. The Morgan fingerprint density at radius 2 is 1.86 bits per heavy atom. The summed E-state index contributed by atoms with van der Waals surface area (Å²) in [5.41, 5.74) is 4.65. The van der Waals surface area contributed by atoms with Crippen LogP contribution in [0.25, 0.3) is 5.69 Å². The predicted octanol–water partition coefficient (Wildman–Crippen LogP) is 3.71. The van der Waals surface area contributed by atoms with Crippen molar-refractivity contribution in [1.82, 2.24) is 24.7 Å². The quantitative estimate of drug-likeness (QED) is 0.633. The van der Waals surface area contributed by atoms with Crippen molar-refractivity contribution < 1.29 is 0 Å². The number of aromatic nitrogens is 2. The molecule has 0 saturated carbocycles. The van der Waals surface area contributed by atoms with Crippen molar-refractivity contribution in [3.8, 4) is 5.69 Å². The lowest BCUT2D eigenvalue weighted by molar-refractivity contribution is 0.272. The molecule has 1 aliphatic heterocycles. The summed E-state index contributed by atoms with van der Waals surface area (Å²) in [7, 11) is 4.18. The Balaban J connectivity index is 1.79. The highest BCUT2D eigenvalue weighted by Crippen LogP contribution is 2.39. The first-order valence-corrected chi connectivity index (χ1v) is 10.3.